The second-order valence-corrected chi connectivity index (χ2v) is 9.21. The Morgan fingerprint density at radius 3 is 2.58 bits per heavy atom. The Hall–Kier alpha value is -2.90. The third-order valence-corrected chi connectivity index (χ3v) is 7.11. The van der Waals surface area contributed by atoms with Gasteiger partial charge in [-0.05, 0) is 43.9 Å². The van der Waals surface area contributed by atoms with Gasteiger partial charge in [-0.2, -0.15) is 5.10 Å². The Kier molecular flexibility index (Phi) is 4.95. The van der Waals surface area contributed by atoms with E-state index in [0.29, 0.717) is 32.6 Å². The average molecular weight is 424 g/mol. The van der Waals surface area contributed by atoms with Crippen LogP contribution in [-0.4, -0.2) is 70.1 Å². The summed E-state index contributed by atoms with van der Waals surface area (Å²) in [5.41, 5.74) is 0.704. The van der Waals surface area contributed by atoms with Crippen LogP contribution in [-0.2, 0) is 21.4 Å². The first-order valence-corrected chi connectivity index (χ1v) is 11.1. The maximum atomic E-state index is 13.1. The number of amides is 2. The maximum Gasteiger partial charge on any atom is 0.227 e. The lowest BCUT2D eigenvalue weighted by Crippen LogP contribution is -2.52. The van der Waals surface area contributed by atoms with Crippen LogP contribution < -0.4 is 4.74 Å². The predicted octanol–water partition coefficient (Wildman–Crippen LogP) is 1.70. The molecule has 0 bridgehead atoms. The van der Waals surface area contributed by atoms with Gasteiger partial charge in [0.1, 0.15) is 11.6 Å². The van der Waals surface area contributed by atoms with Crippen LogP contribution >= 0.6 is 0 Å². The molecule has 0 radical (unpaired) electrons. The fourth-order valence-electron chi connectivity index (χ4n) is 5.13. The van der Waals surface area contributed by atoms with Crippen LogP contribution in [0.2, 0.25) is 0 Å². The van der Waals surface area contributed by atoms with E-state index in [2.05, 4.69) is 15.2 Å². The van der Waals surface area contributed by atoms with Gasteiger partial charge in [0.25, 0.3) is 0 Å². The number of ether oxygens (including phenoxy) is 1. The molecular weight excluding hydrogens is 394 g/mol. The molecular formula is C23H29N5O3. The van der Waals surface area contributed by atoms with Crippen LogP contribution in [0.4, 0.5) is 0 Å². The highest BCUT2D eigenvalue weighted by Gasteiger charge is 2.55. The molecule has 1 saturated carbocycles. The van der Waals surface area contributed by atoms with E-state index in [1.807, 2.05) is 41.0 Å². The quantitative estimate of drug-likeness (QED) is 0.791. The van der Waals surface area contributed by atoms with E-state index in [4.69, 9.17) is 4.74 Å². The Bertz CT molecular complexity index is 983. The molecule has 1 aromatic carbocycles. The van der Waals surface area contributed by atoms with Crippen molar-refractivity contribution < 1.29 is 14.3 Å². The molecule has 2 atom stereocenters. The normalized spacial score (nSPS) is 25.4. The van der Waals surface area contributed by atoms with Gasteiger partial charge in [0.2, 0.25) is 11.8 Å². The molecule has 1 aliphatic carbocycles. The average Bonchev–Trinajstić information content (AvgIpc) is 3.42. The summed E-state index contributed by atoms with van der Waals surface area (Å²) in [6, 6.07) is 7.64. The molecule has 1 aromatic heterocycles. The topological polar surface area (TPSA) is 91.4 Å². The predicted molar refractivity (Wildman–Crippen MR) is 113 cm³/mol. The number of carbonyl (C=O) groups excluding carboxylic acids is 2. The number of hydrogen-bond acceptors (Lipinski definition) is 5. The van der Waals surface area contributed by atoms with Crippen molar-refractivity contribution in [2.24, 2.45) is 11.8 Å². The summed E-state index contributed by atoms with van der Waals surface area (Å²) in [5, 5.41) is 7.46. The number of carbonyl (C=O) groups is 2. The van der Waals surface area contributed by atoms with Crippen LogP contribution in [0.3, 0.4) is 0 Å². The van der Waals surface area contributed by atoms with Crippen LogP contribution in [0.1, 0.15) is 36.5 Å². The van der Waals surface area contributed by atoms with Crippen LogP contribution in [0.15, 0.2) is 24.3 Å². The molecule has 2 aromatic rings. The summed E-state index contributed by atoms with van der Waals surface area (Å²) in [4.78, 5) is 34.5. The summed E-state index contributed by atoms with van der Waals surface area (Å²) in [6.45, 7) is 4.53. The highest BCUT2D eigenvalue weighted by atomic mass is 16.5. The van der Waals surface area contributed by atoms with Crippen molar-refractivity contribution >= 4 is 11.8 Å². The summed E-state index contributed by atoms with van der Waals surface area (Å²) in [6.07, 6.45) is 3.14. The van der Waals surface area contributed by atoms with Crippen LogP contribution in [0, 0.1) is 18.8 Å². The summed E-state index contributed by atoms with van der Waals surface area (Å²) >= 11 is 0. The molecule has 0 spiro atoms. The van der Waals surface area contributed by atoms with Crippen molar-refractivity contribution in [2.75, 3.05) is 33.3 Å². The largest absolute Gasteiger partial charge is 0.497 e. The van der Waals surface area contributed by atoms with E-state index in [-0.39, 0.29) is 29.1 Å². The summed E-state index contributed by atoms with van der Waals surface area (Å²) in [5.74, 6) is 3.09. The molecule has 2 aliphatic heterocycles. The van der Waals surface area contributed by atoms with Gasteiger partial charge in [-0.3, -0.25) is 14.7 Å². The molecule has 2 amide bonds. The number of aryl methyl sites for hydroxylation is 1. The van der Waals surface area contributed by atoms with Crippen molar-refractivity contribution in [1.82, 2.24) is 25.0 Å². The van der Waals surface area contributed by atoms with Crippen LogP contribution in [0.5, 0.6) is 5.75 Å². The Balaban J connectivity index is 1.33. The lowest BCUT2D eigenvalue weighted by atomic mass is 9.71. The minimum Gasteiger partial charge on any atom is -0.497 e. The van der Waals surface area contributed by atoms with E-state index in [9.17, 15) is 9.59 Å². The van der Waals surface area contributed by atoms with Gasteiger partial charge in [-0.1, -0.05) is 12.1 Å². The number of nitrogens with one attached hydrogen (secondary N) is 1. The van der Waals surface area contributed by atoms with Crippen molar-refractivity contribution in [3.05, 3.63) is 41.5 Å². The molecule has 5 rings (SSSR count). The summed E-state index contributed by atoms with van der Waals surface area (Å²) < 4.78 is 5.20. The van der Waals surface area contributed by atoms with Gasteiger partial charge in [0, 0.05) is 38.0 Å². The molecule has 31 heavy (non-hydrogen) atoms. The first-order valence-electron chi connectivity index (χ1n) is 11.1. The molecule has 1 N–H and O–H groups in total. The molecule has 8 heteroatoms. The zero-order valence-electron chi connectivity index (χ0n) is 18.1. The van der Waals surface area contributed by atoms with Gasteiger partial charge in [-0.25, -0.2) is 4.98 Å². The molecule has 3 heterocycles. The minimum absolute atomic E-state index is 0.122. The van der Waals surface area contributed by atoms with Crippen molar-refractivity contribution in [3.63, 3.8) is 0 Å². The van der Waals surface area contributed by atoms with Crippen molar-refractivity contribution in [2.45, 2.75) is 38.0 Å². The number of nitrogens with zero attached hydrogens (tertiary/aromatic N) is 4. The number of H-pyrrole nitrogens is 1. The Morgan fingerprint density at radius 2 is 1.94 bits per heavy atom. The third-order valence-electron chi connectivity index (χ3n) is 7.11. The fourth-order valence-corrected chi connectivity index (χ4v) is 5.13. The number of fused-ring (bicyclic) bond motifs is 1. The standard InChI is InChI=1S/C23H29N5O3/c1-15-24-22(26-25-15)23-9-10-27(20(29)11-16-3-7-19(31-2)8-4-16)12-18(23)13-28(14-23)21(30)17-5-6-17/h3-4,7-8,17-18H,5-6,9-14H2,1-2H3,(H,24,25,26)/t18-,23-/m1/s1. The zero-order valence-corrected chi connectivity index (χ0v) is 18.1. The van der Waals surface area contributed by atoms with Gasteiger partial charge >= 0.3 is 0 Å². The van der Waals surface area contributed by atoms with Gasteiger partial charge < -0.3 is 14.5 Å². The van der Waals surface area contributed by atoms with E-state index in [1.54, 1.807) is 7.11 Å². The molecule has 8 nitrogen and oxygen atoms in total. The van der Waals surface area contributed by atoms with Gasteiger partial charge in [-0.15, -0.1) is 0 Å². The molecule has 0 unspecified atom stereocenters. The number of likely N-dealkylation sites (tertiary alicyclic amines) is 2. The second-order valence-electron chi connectivity index (χ2n) is 9.21. The van der Waals surface area contributed by atoms with Crippen LogP contribution in [0.25, 0.3) is 0 Å². The molecule has 3 fully saturated rings. The number of benzene rings is 1. The first kappa shape index (κ1) is 20.0. The van der Waals surface area contributed by atoms with E-state index < -0.39 is 0 Å². The lowest BCUT2D eigenvalue weighted by molar-refractivity contribution is -0.133. The second kappa shape index (κ2) is 7.66. The number of piperidine rings is 1. The number of methoxy groups -OCH3 is 1. The van der Waals surface area contributed by atoms with E-state index >= 15 is 0 Å². The van der Waals surface area contributed by atoms with E-state index in [1.165, 1.54) is 0 Å². The Labute approximate surface area is 182 Å². The van der Waals surface area contributed by atoms with Crippen molar-refractivity contribution in [3.8, 4) is 5.75 Å². The van der Waals surface area contributed by atoms with Gasteiger partial charge in [0.05, 0.1) is 18.9 Å². The fraction of sp³-hybridized carbons (Fsp3) is 0.565. The highest BCUT2D eigenvalue weighted by molar-refractivity contribution is 5.82. The van der Waals surface area contributed by atoms with Crippen molar-refractivity contribution in [1.29, 1.82) is 0 Å². The minimum atomic E-state index is -0.272. The highest BCUT2D eigenvalue weighted by Crippen LogP contribution is 2.45. The maximum absolute atomic E-state index is 13.1. The number of aromatic nitrogens is 3. The van der Waals surface area contributed by atoms with Gasteiger partial charge in [0.15, 0.2) is 5.82 Å². The monoisotopic (exact) mass is 423 g/mol. The molecule has 2 saturated heterocycles. The number of aromatic amines is 1. The molecule has 3 aliphatic rings. The third kappa shape index (κ3) is 3.68. The van der Waals surface area contributed by atoms with E-state index in [0.717, 1.165) is 42.2 Å². The lowest BCUT2D eigenvalue weighted by Gasteiger charge is -2.41. The number of hydrogen-bond donors (Lipinski definition) is 1. The number of rotatable bonds is 5. The first-order chi connectivity index (χ1) is 15.0. The smallest absolute Gasteiger partial charge is 0.227 e. The zero-order chi connectivity index (χ0) is 21.6. The Morgan fingerprint density at radius 1 is 1.19 bits per heavy atom. The summed E-state index contributed by atoms with van der Waals surface area (Å²) in [7, 11) is 1.63. The molecule has 164 valence electrons. The SMILES string of the molecule is COc1ccc(CC(=O)N2CC[C@@]3(c4n[nH]c(C)n4)CN(C(=O)C4CC4)C[C@H]3C2)cc1.